The van der Waals surface area contributed by atoms with Crippen LogP contribution in [0.1, 0.15) is 51.1 Å². The molecule has 1 fully saturated rings. The Morgan fingerprint density at radius 2 is 2.24 bits per heavy atom. The van der Waals surface area contributed by atoms with Gasteiger partial charge in [-0.05, 0) is 25.3 Å². The molecular weight excluding hydrogens is 212 g/mol. The maximum Gasteiger partial charge on any atom is 0.0964 e. The van der Waals surface area contributed by atoms with Gasteiger partial charge in [-0.3, -0.25) is 4.68 Å². The summed E-state index contributed by atoms with van der Waals surface area (Å²) in [7, 11) is 0. The average Bonchev–Trinajstić information content (AvgIpc) is 2.98. The van der Waals surface area contributed by atoms with Gasteiger partial charge in [0.2, 0.25) is 0 Å². The highest BCUT2D eigenvalue weighted by molar-refractivity contribution is 4.91. The van der Waals surface area contributed by atoms with Crippen molar-refractivity contribution in [1.82, 2.24) is 20.3 Å². The summed E-state index contributed by atoms with van der Waals surface area (Å²) in [6.07, 6.45) is 10.2. The van der Waals surface area contributed by atoms with Gasteiger partial charge in [-0.2, -0.15) is 0 Å². The third-order valence-electron chi connectivity index (χ3n) is 3.56. The molecule has 1 aliphatic rings. The smallest absolute Gasteiger partial charge is 0.0964 e. The van der Waals surface area contributed by atoms with Crippen LogP contribution >= 0.6 is 0 Å². The molecule has 96 valence electrons. The standard InChI is InChI=1S/C13H24N4/c1-2-8-14-10-13-11-17(16-15-13)9-7-12-5-3-4-6-12/h11-12,14H,2-10H2,1H3. The largest absolute Gasteiger partial charge is 0.311 e. The van der Waals surface area contributed by atoms with Crippen molar-refractivity contribution in [2.75, 3.05) is 6.54 Å². The molecule has 0 aliphatic heterocycles. The molecule has 1 aliphatic carbocycles. The number of hydrogen-bond donors (Lipinski definition) is 1. The van der Waals surface area contributed by atoms with E-state index < -0.39 is 0 Å². The second-order valence-electron chi connectivity index (χ2n) is 5.09. The van der Waals surface area contributed by atoms with Gasteiger partial charge in [0.15, 0.2) is 0 Å². The van der Waals surface area contributed by atoms with Crippen LogP contribution in [0.2, 0.25) is 0 Å². The summed E-state index contributed by atoms with van der Waals surface area (Å²) < 4.78 is 2.00. The summed E-state index contributed by atoms with van der Waals surface area (Å²) in [4.78, 5) is 0. The van der Waals surface area contributed by atoms with E-state index in [0.717, 1.165) is 37.7 Å². The molecule has 0 unspecified atom stereocenters. The molecule has 0 spiro atoms. The Morgan fingerprint density at radius 1 is 1.41 bits per heavy atom. The molecule has 17 heavy (non-hydrogen) atoms. The van der Waals surface area contributed by atoms with Crippen LogP contribution in [0.25, 0.3) is 0 Å². The number of nitrogens with zero attached hydrogens (tertiary/aromatic N) is 3. The van der Waals surface area contributed by atoms with Crippen molar-refractivity contribution >= 4 is 0 Å². The number of nitrogens with one attached hydrogen (secondary N) is 1. The van der Waals surface area contributed by atoms with Crippen molar-refractivity contribution in [2.24, 2.45) is 5.92 Å². The van der Waals surface area contributed by atoms with Crippen LogP contribution in [-0.2, 0) is 13.1 Å². The van der Waals surface area contributed by atoms with Crippen molar-refractivity contribution in [3.63, 3.8) is 0 Å². The first-order chi connectivity index (χ1) is 8.38. The maximum absolute atomic E-state index is 4.18. The van der Waals surface area contributed by atoms with Crippen LogP contribution in [0.3, 0.4) is 0 Å². The third-order valence-corrected chi connectivity index (χ3v) is 3.56. The van der Waals surface area contributed by atoms with Gasteiger partial charge >= 0.3 is 0 Å². The number of rotatable bonds is 7. The molecule has 0 atom stereocenters. The Hall–Kier alpha value is -0.900. The van der Waals surface area contributed by atoms with Crippen molar-refractivity contribution < 1.29 is 0 Å². The van der Waals surface area contributed by atoms with Crippen molar-refractivity contribution in [3.05, 3.63) is 11.9 Å². The highest BCUT2D eigenvalue weighted by Crippen LogP contribution is 2.27. The lowest BCUT2D eigenvalue weighted by Gasteiger charge is -2.07. The first-order valence-electron chi connectivity index (χ1n) is 6.98. The number of hydrogen-bond acceptors (Lipinski definition) is 3. The van der Waals surface area contributed by atoms with Gasteiger partial charge in [0, 0.05) is 19.3 Å². The van der Waals surface area contributed by atoms with Gasteiger partial charge in [-0.25, -0.2) is 0 Å². The summed E-state index contributed by atoms with van der Waals surface area (Å²) in [5.74, 6) is 0.931. The lowest BCUT2D eigenvalue weighted by molar-refractivity contribution is 0.434. The van der Waals surface area contributed by atoms with E-state index in [1.54, 1.807) is 0 Å². The summed E-state index contributed by atoms with van der Waals surface area (Å²) >= 11 is 0. The second kappa shape index (κ2) is 6.74. The quantitative estimate of drug-likeness (QED) is 0.739. The first kappa shape index (κ1) is 12.6. The van der Waals surface area contributed by atoms with Gasteiger partial charge in [-0.15, -0.1) is 5.10 Å². The van der Waals surface area contributed by atoms with Crippen LogP contribution in [-0.4, -0.2) is 21.5 Å². The van der Waals surface area contributed by atoms with E-state index >= 15 is 0 Å². The van der Waals surface area contributed by atoms with E-state index in [-0.39, 0.29) is 0 Å². The van der Waals surface area contributed by atoms with E-state index in [1.165, 1.54) is 32.1 Å². The summed E-state index contributed by atoms with van der Waals surface area (Å²) in [6.45, 7) is 5.10. The average molecular weight is 236 g/mol. The molecule has 0 saturated heterocycles. The van der Waals surface area contributed by atoms with Crippen LogP contribution < -0.4 is 5.32 Å². The van der Waals surface area contributed by atoms with Gasteiger partial charge < -0.3 is 5.32 Å². The fourth-order valence-electron chi connectivity index (χ4n) is 2.54. The zero-order chi connectivity index (χ0) is 11.9. The Labute approximate surface area is 104 Å². The normalized spacial score (nSPS) is 16.8. The molecular formula is C13H24N4. The van der Waals surface area contributed by atoms with Crippen LogP contribution in [0.15, 0.2) is 6.20 Å². The Kier molecular flexibility index (Phi) is 4.98. The topological polar surface area (TPSA) is 42.7 Å². The molecule has 0 amide bonds. The number of aromatic nitrogens is 3. The molecule has 0 aromatic carbocycles. The lowest BCUT2D eigenvalue weighted by Crippen LogP contribution is -2.13. The molecule has 1 saturated carbocycles. The van der Waals surface area contributed by atoms with E-state index in [0.29, 0.717) is 0 Å². The monoisotopic (exact) mass is 236 g/mol. The Balaban J connectivity index is 1.69. The number of aryl methyl sites for hydroxylation is 1. The summed E-state index contributed by atoms with van der Waals surface area (Å²) in [6, 6.07) is 0. The van der Waals surface area contributed by atoms with E-state index in [9.17, 15) is 0 Å². The van der Waals surface area contributed by atoms with Crippen LogP contribution in [0, 0.1) is 5.92 Å². The third kappa shape index (κ3) is 4.11. The second-order valence-corrected chi connectivity index (χ2v) is 5.09. The minimum absolute atomic E-state index is 0.845. The van der Waals surface area contributed by atoms with Crippen LogP contribution in [0.5, 0.6) is 0 Å². The van der Waals surface area contributed by atoms with Crippen molar-refractivity contribution in [2.45, 2.75) is 58.5 Å². The highest BCUT2D eigenvalue weighted by atomic mass is 15.4. The molecule has 1 aromatic heterocycles. The molecule has 4 nitrogen and oxygen atoms in total. The SMILES string of the molecule is CCCNCc1cn(CCC2CCCC2)nn1. The van der Waals surface area contributed by atoms with Gasteiger partial charge in [-0.1, -0.05) is 37.8 Å². The van der Waals surface area contributed by atoms with Crippen LogP contribution in [0.4, 0.5) is 0 Å². The zero-order valence-corrected chi connectivity index (χ0v) is 10.9. The van der Waals surface area contributed by atoms with Gasteiger partial charge in [0.05, 0.1) is 5.69 Å². The predicted molar refractivity (Wildman–Crippen MR) is 68.6 cm³/mol. The lowest BCUT2D eigenvalue weighted by atomic mass is 10.0. The molecule has 1 N–H and O–H groups in total. The molecule has 0 radical (unpaired) electrons. The Bertz CT molecular complexity index is 315. The minimum atomic E-state index is 0.845. The van der Waals surface area contributed by atoms with E-state index in [4.69, 9.17) is 0 Å². The van der Waals surface area contributed by atoms with E-state index in [1.807, 2.05) is 4.68 Å². The fraction of sp³-hybridized carbons (Fsp3) is 0.846. The molecule has 0 bridgehead atoms. The van der Waals surface area contributed by atoms with Gasteiger partial charge in [0.1, 0.15) is 0 Å². The fourth-order valence-corrected chi connectivity index (χ4v) is 2.54. The molecule has 1 aromatic rings. The maximum atomic E-state index is 4.18. The summed E-state index contributed by atoms with van der Waals surface area (Å²) in [5, 5.41) is 11.7. The predicted octanol–water partition coefficient (Wildman–Crippen LogP) is 2.36. The zero-order valence-electron chi connectivity index (χ0n) is 10.9. The van der Waals surface area contributed by atoms with Crippen molar-refractivity contribution in [1.29, 1.82) is 0 Å². The van der Waals surface area contributed by atoms with Gasteiger partial charge in [0.25, 0.3) is 0 Å². The van der Waals surface area contributed by atoms with Crippen molar-refractivity contribution in [3.8, 4) is 0 Å². The molecule has 4 heteroatoms. The molecule has 1 heterocycles. The highest BCUT2D eigenvalue weighted by Gasteiger charge is 2.14. The first-order valence-corrected chi connectivity index (χ1v) is 6.98. The summed E-state index contributed by atoms with van der Waals surface area (Å²) in [5.41, 5.74) is 1.06. The van der Waals surface area contributed by atoms with E-state index in [2.05, 4.69) is 28.7 Å². The Morgan fingerprint density at radius 3 is 3.00 bits per heavy atom. The minimum Gasteiger partial charge on any atom is -0.311 e. The molecule has 2 rings (SSSR count).